The molecule has 0 fully saturated rings. The number of hydrazine groups is 1. The van der Waals surface area contributed by atoms with Crippen LogP contribution in [0.5, 0.6) is 11.5 Å². The molecule has 0 aliphatic carbocycles. The predicted octanol–water partition coefficient (Wildman–Crippen LogP) is 2.80. The lowest BCUT2D eigenvalue weighted by molar-refractivity contribution is -0.124. The molecule has 3 N–H and O–H groups in total. The molecular formula is C20H22BrN3O4S. The van der Waals surface area contributed by atoms with Crippen LogP contribution in [0.4, 0.5) is 0 Å². The predicted molar refractivity (Wildman–Crippen MR) is 118 cm³/mol. The van der Waals surface area contributed by atoms with E-state index < -0.39 is 11.8 Å². The van der Waals surface area contributed by atoms with Crippen LogP contribution in [0.3, 0.4) is 0 Å². The van der Waals surface area contributed by atoms with Gasteiger partial charge in [0.05, 0.1) is 4.47 Å². The molecule has 2 aromatic carbocycles. The molecule has 154 valence electrons. The standard InChI is InChI=1S/C20H22BrN3O4S/c1-3-14-8-9-17(15(21)10-14)28-11-18(25)22-20(29)24-23-19(26)12-27-16-7-5-4-6-13(16)2/h4-10H,3,11-12H2,1-2H3,(H,23,26)(H2,22,24,25,29). The molecule has 7 nitrogen and oxygen atoms in total. The van der Waals surface area contributed by atoms with Crippen LogP contribution in [-0.4, -0.2) is 30.1 Å². The molecular weight excluding hydrogens is 458 g/mol. The lowest BCUT2D eigenvalue weighted by Crippen LogP contribution is -2.50. The second-order valence-corrected chi connectivity index (χ2v) is 7.27. The zero-order valence-corrected chi connectivity index (χ0v) is 18.5. The Labute approximate surface area is 183 Å². The molecule has 29 heavy (non-hydrogen) atoms. The Morgan fingerprint density at radius 3 is 2.38 bits per heavy atom. The van der Waals surface area contributed by atoms with Gasteiger partial charge in [-0.25, -0.2) is 0 Å². The fourth-order valence-electron chi connectivity index (χ4n) is 2.24. The molecule has 0 saturated carbocycles. The van der Waals surface area contributed by atoms with Crippen LogP contribution in [0.2, 0.25) is 0 Å². The third-order valence-corrected chi connectivity index (χ3v) is 4.61. The van der Waals surface area contributed by atoms with E-state index in [1.54, 1.807) is 12.1 Å². The first-order valence-corrected chi connectivity index (χ1v) is 10.1. The lowest BCUT2D eigenvalue weighted by atomic mass is 10.2. The van der Waals surface area contributed by atoms with E-state index in [1.165, 1.54) is 0 Å². The molecule has 0 atom stereocenters. The average molecular weight is 480 g/mol. The number of thiocarbonyl (C=S) groups is 1. The molecule has 0 aliphatic heterocycles. The second kappa shape index (κ2) is 11.4. The summed E-state index contributed by atoms with van der Waals surface area (Å²) in [5, 5.41) is 2.36. The van der Waals surface area contributed by atoms with E-state index >= 15 is 0 Å². The van der Waals surface area contributed by atoms with Crippen molar-refractivity contribution in [3.63, 3.8) is 0 Å². The Kier molecular flexibility index (Phi) is 8.88. The molecule has 0 unspecified atom stereocenters. The largest absolute Gasteiger partial charge is 0.483 e. The molecule has 0 spiro atoms. The highest BCUT2D eigenvalue weighted by Crippen LogP contribution is 2.26. The molecule has 2 amide bonds. The number of amides is 2. The Balaban J connectivity index is 1.68. The third-order valence-electron chi connectivity index (χ3n) is 3.78. The highest BCUT2D eigenvalue weighted by Gasteiger charge is 2.09. The zero-order valence-electron chi connectivity index (χ0n) is 16.1. The normalized spacial score (nSPS) is 10.0. The van der Waals surface area contributed by atoms with E-state index in [0.717, 1.165) is 22.0 Å². The number of ether oxygens (including phenoxy) is 2. The van der Waals surface area contributed by atoms with Gasteiger partial charge in [0, 0.05) is 0 Å². The third kappa shape index (κ3) is 7.71. The molecule has 0 radical (unpaired) electrons. The van der Waals surface area contributed by atoms with Crippen molar-refractivity contribution in [3.05, 3.63) is 58.1 Å². The van der Waals surface area contributed by atoms with Crippen molar-refractivity contribution in [3.8, 4) is 11.5 Å². The van der Waals surface area contributed by atoms with E-state index in [0.29, 0.717) is 11.5 Å². The number of carbonyl (C=O) groups is 2. The summed E-state index contributed by atoms with van der Waals surface area (Å²) in [4.78, 5) is 23.8. The summed E-state index contributed by atoms with van der Waals surface area (Å²) in [5.41, 5.74) is 6.88. The van der Waals surface area contributed by atoms with E-state index in [9.17, 15) is 9.59 Å². The molecule has 0 bridgehead atoms. The minimum absolute atomic E-state index is 0.0526. The van der Waals surface area contributed by atoms with Gasteiger partial charge in [-0.3, -0.25) is 25.8 Å². The summed E-state index contributed by atoms with van der Waals surface area (Å²) in [7, 11) is 0. The number of aryl methyl sites for hydroxylation is 2. The summed E-state index contributed by atoms with van der Waals surface area (Å²) in [6.45, 7) is 3.52. The Morgan fingerprint density at radius 2 is 1.69 bits per heavy atom. The number of hydrogen-bond acceptors (Lipinski definition) is 5. The van der Waals surface area contributed by atoms with Crippen molar-refractivity contribution in [1.82, 2.24) is 16.2 Å². The van der Waals surface area contributed by atoms with Gasteiger partial charge < -0.3 is 9.47 Å². The smallest absolute Gasteiger partial charge is 0.276 e. The molecule has 9 heteroatoms. The van der Waals surface area contributed by atoms with Gasteiger partial charge in [-0.15, -0.1) is 0 Å². The number of hydrogen-bond donors (Lipinski definition) is 3. The quantitative estimate of drug-likeness (QED) is 0.417. The maximum absolute atomic E-state index is 11.9. The van der Waals surface area contributed by atoms with Gasteiger partial charge in [-0.1, -0.05) is 31.2 Å². The second-order valence-electron chi connectivity index (χ2n) is 6.01. The minimum atomic E-state index is -0.459. The van der Waals surface area contributed by atoms with Crippen LogP contribution >= 0.6 is 28.1 Å². The van der Waals surface area contributed by atoms with Gasteiger partial charge >= 0.3 is 0 Å². The van der Waals surface area contributed by atoms with E-state index in [4.69, 9.17) is 21.7 Å². The summed E-state index contributed by atoms with van der Waals surface area (Å²) >= 11 is 8.38. The number of nitrogens with one attached hydrogen (secondary N) is 3. The summed E-state index contributed by atoms with van der Waals surface area (Å²) in [5.74, 6) is 0.270. The number of halogens is 1. The molecule has 0 heterocycles. The highest BCUT2D eigenvalue weighted by molar-refractivity contribution is 9.10. The van der Waals surface area contributed by atoms with Gasteiger partial charge in [-0.05, 0) is 70.8 Å². The SMILES string of the molecule is CCc1ccc(OCC(=O)NC(=S)NNC(=O)COc2ccccc2C)c(Br)c1. The first-order chi connectivity index (χ1) is 13.9. The van der Waals surface area contributed by atoms with Gasteiger partial charge in [0.1, 0.15) is 11.5 Å². The number of para-hydroxylation sites is 1. The van der Waals surface area contributed by atoms with Crippen LogP contribution in [-0.2, 0) is 16.0 Å². The zero-order chi connectivity index (χ0) is 21.2. The monoisotopic (exact) mass is 479 g/mol. The summed E-state index contributed by atoms with van der Waals surface area (Å²) in [6, 6.07) is 13.0. The number of benzene rings is 2. The number of carbonyl (C=O) groups excluding carboxylic acids is 2. The van der Waals surface area contributed by atoms with Gasteiger partial charge in [0.25, 0.3) is 11.8 Å². The molecule has 0 aromatic heterocycles. The fraction of sp³-hybridized carbons (Fsp3) is 0.250. The number of rotatable bonds is 7. The van der Waals surface area contributed by atoms with Crippen molar-refractivity contribution in [2.75, 3.05) is 13.2 Å². The first kappa shape index (κ1) is 22.6. The summed E-state index contributed by atoms with van der Waals surface area (Å²) in [6.07, 6.45) is 0.904. The van der Waals surface area contributed by atoms with Crippen LogP contribution in [0.15, 0.2) is 46.9 Å². The van der Waals surface area contributed by atoms with Crippen molar-refractivity contribution in [2.45, 2.75) is 20.3 Å². The Hall–Kier alpha value is -2.65. The molecule has 0 saturated heterocycles. The van der Waals surface area contributed by atoms with Crippen molar-refractivity contribution in [2.24, 2.45) is 0 Å². The minimum Gasteiger partial charge on any atom is -0.483 e. The van der Waals surface area contributed by atoms with Crippen molar-refractivity contribution >= 4 is 45.1 Å². The van der Waals surface area contributed by atoms with Crippen LogP contribution < -0.4 is 25.6 Å². The topological polar surface area (TPSA) is 88.7 Å². The van der Waals surface area contributed by atoms with E-state index in [1.807, 2.05) is 37.3 Å². The lowest BCUT2D eigenvalue weighted by Gasteiger charge is -2.13. The van der Waals surface area contributed by atoms with E-state index in [2.05, 4.69) is 39.0 Å². The van der Waals surface area contributed by atoms with Gasteiger partial charge in [-0.2, -0.15) is 0 Å². The van der Waals surface area contributed by atoms with Gasteiger partial charge in [0.2, 0.25) is 0 Å². The molecule has 2 aromatic rings. The molecule has 0 aliphatic rings. The van der Waals surface area contributed by atoms with Crippen LogP contribution in [0.25, 0.3) is 0 Å². The summed E-state index contributed by atoms with van der Waals surface area (Å²) < 4.78 is 11.7. The van der Waals surface area contributed by atoms with Crippen molar-refractivity contribution < 1.29 is 19.1 Å². The Morgan fingerprint density at radius 1 is 1.00 bits per heavy atom. The van der Waals surface area contributed by atoms with Crippen LogP contribution in [0.1, 0.15) is 18.1 Å². The molecule has 2 rings (SSSR count). The Bertz CT molecular complexity index is 892. The highest BCUT2D eigenvalue weighted by atomic mass is 79.9. The fourth-order valence-corrected chi connectivity index (χ4v) is 2.95. The maximum atomic E-state index is 11.9. The maximum Gasteiger partial charge on any atom is 0.276 e. The average Bonchev–Trinajstić information content (AvgIpc) is 2.70. The van der Waals surface area contributed by atoms with Crippen molar-refractivity contribution in [1.29, 1.82) is 0 Å². The van der Waals surface area contributed by atoms with Crippen LogP contribution in [0, 0.1) is 6.92 Å². The van der Waals surface area contributed by atoms with E-state index in [-0.39, 0.29) is 18.3 Å². The first-order valence-electron chi connectivity index (χ1n) is 8.87. The van der Waals surface area contributed by atoms with Gasteiger partial charge in [0.15, 0.2) is 18.3 Å².